The summed E-state index contributed by atoms with van der Waals surface area (Å²) in [7, 11) is 0. The zero-order valence-electron chi connectivity index (χ0n) is 8.80. The number of halogens is 2. The maximum atomic E-state index is 10.9. The Morgan fingerprint density at radius 3 is 2.72 bits per heavy atom. The van der Waals surface area contributed by atoms with E-state index >= 15 is 0 Å². The molecule has 0 bridgehead atoms. The van der Waals surface area contributed by atoms with E-state index in [0.717, 1.165) is 0 Å². The number of nitrogens with zero attached hydrogens (tertiary/aromatic N) is 2. The Hall–Kier alpha value is -1.85. The van der Waals surface area contributed by atoms with E-state index in [2.05, 4.69) is 9.97 Å². The van der Waals surface area contributed by atoms with E-state index in [1.807, 2.05) is 0 Å². The van der Waals surface area contributed by atoms with E-state index < -0.39 is 5.97 Å². The first-order chi connectivity index (χ1) is 8.56. The molecule has 2 rings (SSSR count). The molecular weight excluding hydrogens is 279 g/mol. The molecule has 0 amide bonds. The monoisotopic (exact) mass is 284 g/mol. The van der Waals surface area contributed by atoms with E-state index in [4.69, 9.17) is 33.0 Å². The topological polar surface area (TPSA) is 72.3 Å². The summed E-state index contributed by atoms with van der Waals surface area (Å²) in [4.78, 5) is 18.6. The van der Waals surface area contributed by atoms with Crippen molar-refractivity contribution in [2.45, 2.75) is 0 Å². The lowest BCUT2D eigenvalue weighted by Crippen LogP contribution is -1.98. The average Bonchev–Trinajstić information content (AvgIpc) is 2.31. The predicted molar refractivity (Wildman–Crippen MR) is 65.5 cm³/mol. The van der Waals surface area contributed by atoms with Crippen LogP contribution in [0.1, 0.15) is 10.4 Å². The van der Waals surface area contributed by atoms with Crippen LogP contribution in [-0.2, 0) is 0 Å². The Morgan fingerprint density at radius 1 is 1.28 bits per heavy atom. The van der Waals surface area contributed by atoms with Gasteiger partial charge in [-0.15, -0.1) is 0 Å². The summed E-state index contributed by atoms with van der Waals surface area (Å²) in [5, 5.41) is 9.22. The van der Waals surface area contributed by atoms with Gasteiger partial charge in [-0.05, 0) is 18.2 Å². The molecule has 1 heterocycles. The number of carbonyl (C=O) groups is 1. The minimum Gasteiger partial charge on any atom is -0.478 e. The maximum absolute atomic E-state index is 10.9. The summed E-state index contributed by atoms with van der Waals surface area (Å²) in [6.45, 7) is 0. The molecule has 0 aliphatic rings. The number of aromatic carboxylic acids is 1. The molecule has 92 valence electrons. The lowest BCUT2D eigenvalue weighted by molar-refractivity contribution is 0.0696. The van der Waals surface area contributed by atoms with E-state index in [9.17, 15) is 4.79 Å². The van der Waals surface area contributed by atoms with Crippen LogP contribution in [0.25, 0.3) is 0 Å². The van der Waals surface area contributed by atoms with Gasteiger partial charge in [-0.2, -0.15) is 4.98 Å². The zero-order chi connectivity index (χ0) is 13.1. The van der Waals surface area contributed by atoms with Crippen molar-refractivity contribution in [3.8, 4) is 11.6 Å². The summed E-state index contributed by atoms with van der Waals surface area (Å²) >= 11 is 11.4. The fourth-order valence-electron chi connectivity index (χ4n) is 1.23. The van der Waals surface area contributed by atoms with Crippen molar-refractivity contribution in [2.24, 2.45) is 0 Å². The van der Waals surface area contributed by atoms with Crippen LogP contribution >= 0.6 is 23.2 Å². The van der Waals surface area contributed by atoms with Gasteiger partial charge in [0.25, 0.3) is 0 Å². The first kappa shape index (κ1) is 12.6. The van der Waals surface area contributed by atoms with Crippen molar-refractivity contribution in [2.75, 3.05) is 0 Å². The number of ether oxygens (including phenoxy) is 1. The number of aromatic nitrogens is 2. The molecule has 2 aromatic rings. The molecule has 5 nitrogen and oxygen atoms in total. The Balaban J connectivity index is 2.30. The summed E-state index contributed by atoms with van der Waals surface area (Å²) in [6, 6.07) is 4.25. The van der Waals surface area contributed by atoms with Crippen molar-refractivity contribution in [3.63, 3.8) is 0 Å². The summed E-state index contributed by atoms with van der Waals surface area (Å²) in [5.74, 6) is -0.683. The Labute approximate surface area is 112 Å². The van der Waals surface area contributed by atoms with Crippen LogP contribution in [0.2, 0.25) is 10.2 Å². The van der Waals surface area contributed by atoms with Crippen molar-refractivity contribution in [1.82, 2.24) is 9.97 Å². The van der Waals surface area contributed by atoms with Gasteiger partial charge in [0, 0.05) is 0 Å². The molecule has 1 aromatic heterocycles. The minimum absolute atomic E-state index is 0.0517. The minimum atomic E-state index is -1.14. The third kappa shape index (κ3) is 2.88. The second kappa shape index (κ2) is 5.20. The molecule has 0 radical (unpaired) electrons. The van der Waals surface area contributed by atoms with Crippen LogP contribution in [0.4, 0.5) is 0 Å². The molecule has 18 heavy (non-hydrogen) atoms. The Morgan fingerprint density at radius 2 is 2.06 bits per heavy atom. The molecule has 1 N–H and O–H groups in total. The largest absolute Gasteiger partial charge is 0.478 e. The van der Waals surface area contributed by atoms with Gasteiger partial charge in [-0.25, -0.2) is 4.79 Å². The van der Waals surface area contributed by atoms with Gasteiger partial charge in [-0.1, -0.05) is 23.2 Å². The zero-order valence-corrected chi connectivity index (χ0v) is 10.3. The highest BCUT2D eigenvalue weighted by molar-refractivity contribution is 6.33. The molecule has 1 aromatic carbocycles. The molecular formula is C11H6Cl2N2O3. The molecule has 0 aliphatic heterocycles. The normalized spacial score (nSPS) is 10.1. The van der Waals surface area contributed by atoms with Crippen molar-refractivity contribution in [1.29, 1.82) is 0 Å². The molecule has 0 saturated carbocycles. The number of hydrogen-bond donors (Lipinski definition) is 1. The van der Waals surface area contributed by atoms with Crippen LogP contribution < -0.4 is 4.74 Å². The number of carboxylic acids is 1. The molecule has 0 unspecified atom stereocenters. The number of benzene rings is 1. The summed E-state index contributed by atoms with van der Waals surface area (Å²) in [5.41, 5.74) is -0.0517. The molecule has 7 heteroatoms. The van der Waals surface area contributed by atoms with Crippen LogP contribution in [0.15, 0.2) is 30.6 Å². The third-order valence-electron chi connectivity index (χ3n) is 1.97. The lowest BCUT2D eigenvalue weighted by atomic mass is 10.2. The standard InChI is InChI=1S/C11H6Cl2N2O3/c12-8-2-1-6(3-7(8)11(16)17)18-10-5-14-4-9(13)15-10/h1-5H,(H,16,17). The molecule has 0 atom stereocenters. The van der Waals surface area contributed by atoms with Crippen LogP contribution in [0.3, 0.4) is 0 Å². The van der Waals surface area contributed by atoms with E-state index in [1.54, 1.807) is 0 Å². The maximum Gasteiger partial charge on any atom is 0.337 e. The lowest BCUT2D eigenvalue weighted by Gasteiger charge is -2.06. The Bertz CT molecular complexity index is 605. The molecule has 0 spiro atoms. The van der Waals surface area contributed by atoms with Crippen LogP contribution in [-0.4, -0.2) is 21.0 Å². The average molecular weight is 285 g/mol. The highest BCUT2D eigenvalue weighted by Crippen LogP contribution is 2.25. The van der Waals surface area contributed by atoms with E-state index in [0.29, 0.717) is 0 Å². The van der Waals surface area contributed by atoms with Gasteiger partial charge >= 0.3 is 5.97 Å². The Kier molecular flexibility index (Phi) is 3.64. The number of hydrogen-bond acceptors (Lipinski definition) is 4. The SMILES string of the molecule is O=C(O)c1cc(Oc2cncc(Cl)n2)ccc1Cl. The second-order valence-corrected chi connectivity index (χ2v) is 4.02. The fraction of sp³-hybridized carbons (Fsp3) is 0. The first-order valence-electron chi connectivity index (χ1n) is 4.74. The highest BCUT2D eigenvalue weighted by atomic mass is 35.5. The summed E-state index contributed by atoms with van der Waals surface area (Å²) < 4.78 is 5.32. The molecule has 0 fully saturated rings. The number of carboxylic acid groups (broad SMARTS) is 1. The third-order valence-corrected chi connectivity index (χ3v) is 2.49. The van der Waals surface area contributed by atoms with Gasteiger partial charge in [0.15, 0.2) is 5.15 Å². The van der Waals surface area contributed by atoms with Gasteiger partial charge in [0.2, 0.25) is 5.88 Å². The highest BCUT2D eigenvalue weighted by Gasteiger charge is 2.10. The van der Waals surface area contributed by atoms with Crippen molar-refractivity contribution in [3.05, 3.63) is 46.3 Å². The molecule has 0 aliphatic carbocycles. The van der Waals surface area contributed by atoms with Gasteiger partial charge in [0.1, 0.15) is 5.75 Å². The summed E-state index contributed by atoms with van der Waals surface area (Å²) in [6.07, 6.45) is 2.72. The predicted octanol–water partition coefficient (Wildman–Crippen LogP) is 3.27. The van der Waals surface area contributed by atoms with E-state index in [-0.39, 0.29) is 27.4 Å². The van der Waals surface area contributed by atoms with Crippen LogP contribution in [0.5, 0.6) is 11.6 Å². The van der Waals surface area contributed by atoms with Gasteiger partial charge < -0.3 is 9.84 Å². The first-order valence-corrected chi connectivity index (χ1v) is 5.50. The smallest absolute Gasteiger partial charge is 0.337 e. The van der Waals surface area contributed by atoms with E-state index in [1.165, 1.54) is 30.6 Å². The second-order valence-electron chi connectivity index (χ2n) is 3.23. The van der Waals surface area contributed by atoms with Crippen LogP contribution in [0, 0.1) is 0 Å². The molecule has 0 saturated heterocycles. The quantitative estimate of drug-likeness (QED) is 0.936. The number of rotatable bonds is 3. The van der Waals surface area contributed by atoms with Gasteiger partial charge in [-0.3, -0.25) is 4.98 Å². The fourth-order valence-corrected chi connectivity index (χ4v) is 1.57. The van der Waals surface area contributed by atoms with Crippen molar-refractivity contribution < 1.29 is 14.6 Å². The van der Waals surface area contributed by atoms with Gasteiger partial charge in [0.05, 0.1) is 23.0 Å². The van der Waals surface area contributed by atoms with Crippen molar-refractivity contribution >= 4 is 29.2 Å².